The van der Waals surface area contributed by atoms with Crippen LogP contribution in [0.15, 0.2) is 48.5 Å². The fourth-order valence-electron chi connectivity index (χ4n) is 3.06. The van der Waals surface area contributed by atoms with Crippen LogP contribution in [0.3, 0.4) is 0 Å². The maximum Gasteiger partial charge on any atom is 0.335 e. The molecule has 1 fully saturated rings. The largest absolute Gasteiger partial charge is 0.497 e. The van der Waals surface area contributed by atoms with E-state index in [9.17, 15) is 9.59 Å². The summed E-state index contributed by atoms with van der Waals surface area (Å²) in [5.74, 6) is -0.214. The number of hydrogen-bond acceptors (Lipinski definition) is 5. The van der Waals surface area contributed by atoms with Crippen molar-refractivity contribution in [3.05, 3.63) is 54.1 Å². The minimum Gasteiger partial charge on any atom is -0.497 e. The molecule has 0 atom stereocenters. The lowest BCUT2D eigenvalue weighted by molar-refractivity contribution is -0.117. The number of carbonyl (C=O) groups excluding carboxylic acids is 1. The molecule has 2 aromatic rings. The second-order valence-corrected chi connectivity index (χ2v) is 6.39. The third-order valence-corrected chi connectivity index (χ3v) is 4.59. The van der Waals surface area contributed by atoms with Crippen LogP contribution >= 0.6 is 0 Å². The SMILES string of the molecule is COc1ccc(NC(=O)CN2CCN(c3ccc(C(=O)O)cc3)CC2)cc1. The van der Waals surface area contributed by atoms with E-state index < -0.39 is 5.97 Å². The lowest BCUT2D eigenvalue weighted by atomic mass is 10.2. The first-order chi connectivity index (χ1) is 13.0. The van der Waals surface area contributed by atoms with Crippen molar-refractivity contribution in [1.29, 1.82) is 0 Å². The van der Waals surface area contributed by atoms with E-state index in [4.69, 9.17) is 9.84 Å². The van der Waals surface area contributed by atoms with Crippen molar-refractivity contribution in [1.82, 2.24) is 4.90 Å². The van der Waals surface area contributed by atoms with E-state index in [-0.39, 0.29) is 11.5 Å². The van der Waals surface area contributed by atoms with Crippen molar-refractivity contribution in [3.63, 3.8) is 0 Å². The van der Waals surface area contributed by atoms with E-state index >= 15 is 0 Å². The maximum absolute atomic E-state index is 12.2. The fourth-order valence-corrected chi connectivity index (χ4v) is 3.06. The van der Waals surface area contributed by atoms with Gasteiger partial charge in [-0.05, 0) is 48.5 Å². The quantitative estimate of drug-likeness (QED) is 0.812. The zero-order valence-electron chi connectivity index (χ0n) is 15.2. The van der Waals surface area contributed by atoms with Crippen LogP contribution in [0, 0.1) is 0 Å². The first-order valence-corrected chi connectivity index (χ1v) is 8.80. The van der Waals surface area contributed by atoms with Gasteiger partial charge in [0.05, 0.1) is 19.2 Å². The van der Waals surface area contributed by atoms with Gasteiger partial charge in [0.25, 0.3) is 0 Å². The van der Waals surface area contributed by atoms with E-state index in [1.165, 1.54) is 0 Å². The van der Waals surface area contributed by atoms with E-state index in [1.54, 1.807) is 19.2 Å². The number of anilines is 2. The van der Waals surface area contributed by atoms with Gasteiger partial charge < -0.3 is 20.1 Å². The number of nitrogens with zero attached hydrogens (tertiary/aromatic N) is 2. The van der Waals surface area contributed by atoms with Crippen LogP contribution in [0.2, 0.25) is 0 Å². The topological polar surface area (TPSA) is 82.1 Å². The Kier molecular flexibility index (Phi) is 5.93. The van der Waals surface area contributed by atoms with E-state index in [0.29, 0.717) is 6.54 Å². The summed E-state index contributed by atoms with van der Waals surface area (Å²) in [4.78, 5) is 27.5. The molecule has 0 aromatic heterocycles. The first-order valence-electron chi connectivity index (χ1n) is 8.80. The predicted molar refractivity (Wildman–Crippen MR) is 104 cm³/mol. The molecule has 142 valence electrons. The maximum atomic E-state index is 12.2. The van der Waals surface area contributed by atoms with E-state index in [0.717, 1.165) is 43.3 Å². The summed E-state index contributed by atoms with van der Waals surface area (Å²) in [5, 5.41) is 11.9. The predicted octanol–water partition coefficient (Wildman–Crippen LogP) is 2.15. The number of piperazine rings is 1. The van der Waals surface area contributed by atoms with Crippen molar-refractivity contribution < 1.29 is 19.4 Å². The molecule has 0 radical (unpaired) electrons. The van der Waals surface area contributed by atoms with Crippen molar-refractivity contribution >= 4 is 23.3 Å². The number of rotatable bonds is 6. The molecule has 27 heavy (non-hydrogen) atoms. The van der Waals surface area contributed by atoms with Crippen LogP contribution in [0.5, 0.6) is 5.75 Å². The van der Waals surface area contributed by atoms with Gasteiger partial charge in [0, 0.05) is 37.6 Å². The normalized spacial score (nSPS) is 14.6. The third-order valence-electron chi connectivity index (χ3n) is 4.59. The van der Waals surface area contributed by atoms with Crippen molar-refractivity contribution in [2.24, 2.45) is 0 Å². The molecule has 1 heterocycles. The van der Waals surface area contributed by atoms with Crippen LogP contribution in [0.1, 0.15) is 10.4 Å². The number of carboxylic acid groups (broad SMARTS) is 1. The molecule has 1 aliphatic rings. The van der Waals surface area contributed by atoms with Gasteiger partial charge in [-0.15, -0.1) is 0 Å². The van der Waals surface area contributed by atoms with Gasteiger partial charge in [-0.25, -0.2) is 4.79 Å². The number of ether oxygens (including phenoxy) is 1. The standard InChI is InChI=1S/C20H23N3O4/c1-27-18-8-4-16(5-9-18)21-19(24)14-22-10-12-23(13-11-22)17-6-2-15(3-7-17)20(25)26/h2-9H,10-14H2,1H3,(H,21,24)(H,25,26). The minimum atomic E-state index is -0.922. The number of benzene rings is 2. The Morgan fingerprint density at radius 2 is 1.63 bits per heavy atom. The molecule has 2 N–H and O–H groups in total. The zero-order chi connectivity index (χ0) is 19.2. The van der Waals surface area contributed by atoms with Gasteiger partial charge in [-0.3, -0.25) is 9.69 Å². The molecule has 0 spiro atoms. The van der Waals surface area contributed by atoms with Crippen molar-refractivity contribution in [2.75, 3.05) is 50.1 Å². The number of carbonyl (C=O) groups is 2. The highest BCUT2D eigenvalue weighted by molar-refractivity contribution is 5.92. The molecule has 7 heteroatoms. The second-order valence-electron chi connectivity index (χ2n) is 6.39. The number of aromatic carboxylic acids is 1. The summed E-state index contributed by atoms with van der Waals surface area (Å²) < 4.78 is 5.11. The van der Waals surface area contributed by atoms with Crippen molar-refractivity contribution in [2.45, 2.75) is 0 Å². The smallest absolute Gasteiger partial charge is 0.335 e. The fraction of sp³-hybridized carbons (Fsp3) is 0.300. The van der Waals surface area contributed by atoms with Gasteiger partial charge in [0.15, 0.2) is 0 Å². The molecular weight excluding hydrogens is 346 g/mol. The Morgan fingerprint density at radius 3 is 2.19 bits per heavy atom. The molecule has 0 bridgehead atoms. The Labute approximate surface area is 158 Å². The number of carboxylic acids is 1. The third kappa shape index (κ3) is 4.98. The second kappa shape index (κ2) is 8.55. The summed E-state index contributed by atoms with van der Waals surface area (Å²) in [6, 6.07) is 14.1. The van der Waals surface area contributed by atoms with Gasteiger partial charge in [-0.2, -0.15) is 0 Å². The van der Waals surface area contributed by atoms with Crippen LogP contribution < -0.4 is 15.0 Å². The van der Waals surface area contributed by atoms with Gasteiger partial charge >= 0.3 is 5.97 Å². The lowest BCUT2D eigenvalue weighted by Crippen LogP contribution is -2.48. The molecule has 0 unspecified atom stereocenters. The molecule has 1 saturated heterocycles. The Bertz CT molecular complexity index is 782. The number of amides is 1. The zero-order valence-corrected chi connectivity index (χ0v) is 15.2. The highest BCUT2D eigenvalue weighted by Gasteiger charge is 2.19. The lowest BCUT2D eigenvalue weighted by Gasteiger charge is -2.35. The van der Waals surface area contributed by atoms with Crippen molar-refractivity contribution in [3.8, 4) is 5.75 Å². The first kappa shape index (κ1) is 18.7. The summed E-state index contributed by atoms with van der Waals surface area (Å²) >= 11 is 0. The number of methoxy groups -OCH3 is 1. The van der Waals surface area contributed by atoms with E-state index in [2.05, 4.69) is 15.1 Å². The Balaban J connectivity index is 1.47. The van der Waals surface area contributed by atoms with Crippen LogP contribution in [0.4, 0.5) is 11.4 Å². The molecule has 2 aromatic carbocycles. The summed E-state index contributed by atoms with van der Waals surface area (Å²) in [5.41, 5.74) is 2.04. The van der Waals surface area contributed by atoms with Crippen LogP contribution in [-0.2, 0) is 4.79 Å². The number of nitrogens with one attached hydrogen (secondary N) is 1. The Morgan fingerprint density at radius 1 is 1.00 bits per heavy atom. The molecule has 1 amide bonds. The van der Waals surface area contributed by atoms with E-state index in [1.807, 2.05) is 36.4 Å². The molecular formula is C20H23N3O4. The summed E-state index contributed by atoms with van der Waals surface area (Å²) in [6.07, 6.45) is 0. The molecule has 7 nitrogen and oxygen atoms in total. The monoisotopic (exact) mass is 369 g/mol. The summed E-state index contributed by atoms with van der Waals surface area (Å²) in [7, 11) is 1.60. The highest BCUT2D eigenvalue weighted by atomic mass is 16.5. The highest BCUT2D eigenvalue weighted by Crippen LogP contribution is 2.18. The van der Waals surface area contributed by atoms with Crippen LogP contribution in [-0.4, -0.2) is 61.7 Å². The minimum absolute atomic E-state index is 0.0422. The summed E-state index contributed by atoms with van der Waals surface area (Å²) in [6.45, 7) is 3.48. The Hall–Kier alpha value is -3.06. The molecule has 3 rings (SSSR count). The van der Waals surface area contributed by atoms with Gasteiger partial charge in [-0.1, -0.05) is 0 Å². The molecule has 0 saturated carbocycles. The molecule has 1 aliphatic heterocycles. The number of hydrogen-bond donors (Lipinski definition) is 2. The average molecular weight is 369 g/mol. The average Bonchev–Trinajstić information content (AvgIpc) is 2.69. The van der Waals surface area contributed by atoms with Crippen LogP contribution in [0.25, 0.3) is 0 Å². The van der Waals surface area contributed by atoms with Gasteiger partial charge in [0.1, 0.15) is 5.75 Å². The molecule has 0 aliphatic carbocycles. The van der Waals surface area contributed by atoms with Gasteiger partial charge in [0.2, 0.25) is 5.91 Å².